The van der Waals surface area contributed by atoms with Crippen LogP contribution in [0.15, 0.2) is 40.8 Å². The highest BCUT2D eigenvalue weighted by molar-refractivity contribution is 14.1. The summed E-state index contributed by atoms with van der Waals surface area (Å²) in [5, 5.41) is 0. The first-order valence-corrected chi connectivity index (χ1v) is 5.30. The minimum atomic E-state index is 0.848. The molecule has 0 atom stereocenters. The molecule has 2 rings (SSSR count). The number of anilines is 2. The maximum atomic E-state index is 5.50. The minimum absolute atomic E-state index is 0.848. The fourth-order valence-electron chi connectivity index (χ4n) is 1.21. The van der Waals surface area contributed by atoms with Crippen molar-refractivity contribution in [1.82, 2.24) is 0 Å². The SMILES string of the molecule is CN(c1cc[c]cc1)c1ccc(I)o1. The van der Waals surface area contributed by atoms with Gasteiger partial charge in [-0.05, 0) is 46.9 Å². The summed E-state index contributed by atoms with van der Waals surface area (Å²) in [6.07, 6.45) is 0. The van der Waals surface area contributed by atoms with Crippen LogP contribution in [0.25, 0.3) is 0 Å². The molecule has 1 aromatic carbocycles. The van der Waals surface area contributed by atoms with E-state index in [9.17, 15) is 0 Å². The molecule has 0 amide bonds. The largest absolute Gasteiger partial charge is 0.435 e. The molecule has 0 bridgehead atoms. The van der Waals surface area contributed by atoms with Crippen molar-refractivity contribution in [2.75, 3.05) is 11.9 Å². The van der Waals surface area contributed by atoms with Gasteiger partial charge in [-0.15, -0.1) is 0 Å². The highest BCUT2D eigenvalue weighted by atomic mass is 127. The van der Waals surface area contributed by atoms with Gasteiger partial charge >= 0.3 is 0 Å². The first-order chi connectivity index (χ1) is 6.77. The van der Waals surface area contributed by atoms with E-state index in [0.717, 1.165) is 15.3 Å². The average Bonchev–Trinajstić information content (AvgIpc) is 2.65. The lowest BCUT2D eigenvalue weighted by atomic mass is 10.3. The topological polar surface area (TPSA) is 16.4 Å². The van der Waals surface area contributed by atoms with Gasteiger partial charge in [0, 0.05) is 18.8 Å². The molecular formula is C11H9INO. The van der Waals surface area contributed by atoms with Gasteiger partial charge in [0.05, 0.1) is 0 Å². The van der Waals surface area contributed by atoms with Gasteiger partial charge in [-0.1, -0.05) is 12.1 Å². The van der Waals surface area contributed by atoms with Gasteiger partial charge in [0.1, 0.15) is 0 Å². The predicted molar refractivity (Wildman–Crippen MR) is 64.8 cm³/mol. The van der Waals surface area contributed by atoms with Gasteiger partial charge in [-0.3, -0.25) is 0 Å². The van der Waals surface area contributed by atoms with Crippen molar-refractivity contribution >= 4 is 34.2 Å². The van der Waals surface area contributed by atoms with Crippen molar-refractivity contribution in [2.45, 2.75) is 0 Å². The fraction of sp³-hybridized carbons (Fsp3) is 0.0909. The van der Waals surface area contributed by atoms with Crippen LogP contribution < -0.4 is 4.90 Å². The standard InChI is InChI=1S/C11H9INO/c1-13(9-5-3-2-4-6-9)11-8-7-10(12)14-11/h3-8H,1H3. The number of benzene rings is 1. The number of hydrogen-bond donors (Lipinski definition) is 0. The van der Waals surface area contributed by atoms with E-state index in [4.69, 9.17) is 4.42 Å². The summed E-state index contributed by atoms with van der Waals surface area (Å²) in [4.78, 5) is 2.00. The van der Waals surface area contributed by atoms with Gasteiger partial charge < -0.3 is 9.32 Å². The molecule has 71 valence electrons. The van der Waals surface area contributed by atoms with Crippen molar-refractivity contribution in [2.24, 2.45) is 0 Å². The Morgan fingerprint density at radius 1 is 1.21 bits per heavy atom. The molecule has 0 spiro atoms. The van der Waals surface area contributed by atoms with Crippen LogP contribution in [-0.2, 0) is 0 Å². The van der Waals surface area contributed by atoms with E-state index in [2.05, 4.69) is 28.7 Å². The first-order valence-electron chi connectivity index (χ1n) is 4.22. The van der Waals surface area contributed by atoms with Gasteiger partial charge in [-0.25, -0.2) is 0 Å². The Labute approximate surface area is 96.7 Å². The quantitative estimate of drug-likeness (QED) is 0.790. The summed E-state index contributed by atoms with van der Waals surface area (Å²) in [6, 6.07) is 14.7. The smallest absolute Gasteiger partial charge is 0.201 e. The lowest BCUT2D eigenvalue weighted by Crippen LogP contribution is -2.07. The zero-order chi connectivity index (χ0) is 9.97. The zero-order valence-corrected chi connectivity index (χ0v) is 9.86. The number of furan rings is 1. The van der Waals surface area contributed by atoms with Crippen LogP contribution in [0.1, 0.15) is 0 Å². The van der Waals surface area contributed by atoms with Crippen LogP contribution in [0.3, 0.4) is 0 Å². The summed E-state index contributed by atoms with van der Waals surface area (Å²) in [7, 11) is 1.98. The third kappa shape index (κ3) is 1.92. The molecule has 3 heteroatoms. The van der Waals surface area contributed by atoms with Crippen molar-refractivity contribution in [3.05, 3.63) is 46.2 Å². The molecule has 0 N–H and O–H groups in total. The third-order valence-corrected chi connectivity index (χ3v) is 2.56. The number of rotatable bonds is 2. The summed E-state index contributed by atoms with van der Waals surface area (Å²) in [6.45, 7) is 0. The molecule has 14 heavy (non-hydrogen) atoms. The molecule has 0 aliphatic carbocycles. The zero-order valence-electron chi connectivity index (χ0n) is 7.70. The van der Waals surface area contributed by atoms with Crippen molar-refractivity contribution in [3.63, 3.8) is 0 Å². The van der Waals surface area contributed by atoms with E-state index < -0.39 is 0 Å². The van der Waals surface area contributed by atoms with E-state index in [0.29, 0.717) is 0 Å². The Hall–Kier alpha value is -0.970. The van der Waals surface area contributed by atoms with Crippen molar-refractivity contribution in [1.29, 1.82) is 0 Å². The Kier molecular flexibility index (Phi) is 2.77. The highest BCUT2D eigenvalue weighted by Gasteiger charge is 2.06. The van der Waals surface area contributed by atoms with E-state index in [1.807, 2.05) is 48.3 Å². The normalized spacial score (nSPS) is 10.1. The summed E-state index contributed by atoms with van der Waals surface area (Å²) < 4.78 is 6.40. The molecule has 0 unspecified atom stereocenters. The lowest BCUT2D eigenvalue weighted by molar-refractivity contribution is 0.542. The number of halogens is 1. The average molecular weight is 298 g/mol. The fourth-order valence-corrected chi connectivity index (χ4v) is 1.62. The Morgan fingerprint density at radius 2 is 1.93 bits per heavy atom. The second-order valence-electron chi connectivity index (χ2n) is 2.89. The maximum absolute atomic E-state index is 5.50. The summed E-state index contributed by atoms with van der Waals surface area (Å²) in [5.74, 6) is 0.848. The predicted octanol–water partition coefficient (Wildman–Crippen LogP) is 3.45. The molecule has 1 aromatic heterocycles. The lowest BCUT2D eigenvalue weighted by Gasteiger charge is -2.15. The van der Waals surface area contributed by atoms with Gasteiger partial charge in [0.15, 0.2) is 3.77 Å². The molecule has 2 nitrogen and oxygen atoms in total. The van der Waals surface area contributed by atoms with Crippen LogP contribution in [-0.4, -0.2) is 7.05 Å². The molecule has 2 aromatic rings. The van der Waals surface area contributed by atoms with Crippen molar-refractivity contribution < 1.29 is 4.42 Å². The first kappa shape index (κ1) is 9.58. The van der Waals surface area contributed by atoms with Crippen LogP contribution >= 0.6 is 22.6 Å². The monoisotopic (exact) mass is 298 g/mol. The molecule has 0 aliphatic rings. The molecule has 0 aliphatic heterocycles. The van der Waals surface area contributed by atoms with E-state index in [-0.39, 0.29) is 0 Å². The Morgan fingerprint density at radius 3 is 2.50 bits per heavy atom. The van der Waals surface area contributed by atoms with E-state index >= 15 is 0 Å². The maximum Gasteiger partial charge on any atom is 0.201 e. The van der Waals surface area contributed by atoms with Crippen LogP contribution in [0.2, 0.25) is 0 Å². The highest BCUT2D eigenvalue weighted by Crippen LogP contribution is 2.25. The van der Waals surface area contributed by atoms with Gasteiger partial charge in [-0.2, -0.15) is 0 Å². The molecule has 0 saturated heterocycles. The third-order valence-electron chi connectivity index (χ3n) is 1.98. The summed E-state index contributed by atoms with van der Waals surface area (Å²) >= 11 is 2.15. The molecular weight excluding hydrogens is 289 g/mol. The molecule has 1 radical (unpaired) electrons. The molecule has 0 saturated carbocycles. The van der Waals surface area contributed by atoms with Gasteiger partial charge in [0.2, 0.25) is 5.88 Å². The van der Waals surface area contributed by atoms with Crippen molar-refractivity contribution in [3.8, 4) is 0 Å². The second kappa shape index (κ2) is 4.04. The Balaban J connectivity index is 2.29. The van der Waals surface area contributed by atoms with E-state index in [1.165, 1.54) is 0 Å². The van der Waals surface area contributed by atoms with E-state index in [1.54, 1.807) is 0 Å². The van der Waals surface area contributed by atoms with Gasteiger partial charge in [0.25, 0.3) is 0 Å². The number of nitrogens with zero attached hydrogens (tertiary/aromatic N) is 1. The second-order valence-corrected chi connectivity index (χ2v) is 3.96. The Bertz CT molecular complexity index is 410. The van der Waals surface area contributed by atoms with Crippen LogP contribution in [0.5, 0.6) is 0 Å². The van der Waals surface area contributed by atoms with Crippen LogP contribution in [0, 0.1) is 9.83 Å². The van der Waals surface area contributed by atoms with Crippen LogP contribution in [0.4, 0.5) is 11.6 Å². The molecule has 0 fully saturated rings. The minimum Gasteiger partial charge on any atom is -0.435 e. The number of hydrogen-bond acceptors (Lipinski definition) is 2. The molecule has 1 heterocycles. The summed E-state index contributed by atoms with van der Waals surface area (Å²) in [5.41, 5.74) is 1.09.